The van der Waals surface area contributed by atoms with Gasteiger partial charge in [-0.3, -0.25) is 4.79 Å². The van der Waals surface area contributed by atoms with E-state index in [9.17, 15) is 4.79 Å². The number of fused-ring (bicyclic) bond motifs is 1. The molecule has 1 fully saturated rings. The van der Waals surface area contributed by atoms with Gasteiger partial charge in [-0.15, -0.1) is 11.3 Å². The Hall–Kier alpha value is -1.17. The van der Waals surface area contributed by atoms with Gasteiger partial charge in [-0.25, -0.2) is 4.98 Å². The van der Waals surface area contributed by atoms with E-state index in [1.165, 1.54) is 11.3 Å². The van der Waals surface area contributed by atoms with Crippen LogP contribution in [0.25, 0.3) is 10.2 Å². The highest BCUT2D eigenvalue weighted by atomic mass is 35.5. The summed E-state index contributed by atoms with van der Waals surface area (Å²) < 4.78 is 1.54. The van der Waals surface area contributed by atoms with Crippen LogP contribution >= 0.6 is 22.9 Å². The van der Waals surface area contributed by atoms with Gasteiger partial charge in [0.25, 0.3) is 0 Å². The third-order valence-electron chi connectivity index (χ3n) is 2.81. The molecule has 0 aliphatic carbocycles. The summed E-state index contributed by atoms with van der Waals surface area (Å²) in [4.78, 5) is 17.6. The highest BCUT2D eigenvalue weighted by Crippen LogP contribution is 2.30. The minimum absolute atomic E-state index is 0.0678. The smallest absolute Gasteiger partial charge is 0.228 e. The SMILES string of the molecule is NC1CC(=O)N(c2ccc3sc(Cl)nc3c2)C1. The number of thiazole rings is 1. The maximum absolute atomic E-state index is 11.7. The fourth-order valence-corrected chi connectivity index (χ4v) is 3.05. The highest BCUT2D eigenvalue weighted by Gasteiger charge is 2.28. The Bertz CT molecular complexity index is 597. The van der Waals surface area contributed by atoms with Crippen molar-refractivity contribution < 1.29 is 4.79 Å². The Morgan fingerprint density at radius 3 is 3.06 bits per heavy atom. The van der Waals surface area contributed by atoms with E-state index in [1.54, 1.807) is 4.90 Å². The fourth-order valence-electron chi connectivity index (χ4n) is 2.04. The van der Waals surface area contributed by atoms with Crippen molar-refractivity contribution in [2.24, 2.45) is 5.73 Å². The van der Waals surface area contributed by atoms with Crippen LogP contribution < -0.4 is 10.6 Å². The molecule has 4 nitrogen and oxygen atoms in total. The van der Waals surface area contributed by atoms with Crippen LogP contribution in [0, 0.1) is 0 Å². The van der Waals surface area contributed by atoms with Gasteiger partial charge in [0.15, 0.2) is 4.47 Å². The molecular formula is C11H10ClN3OS. The van der Waals surface area contributed by atoms with Gasteiger partial charge in [-0.1, -0.05) is 11.6 Å². The van der Waals surface area contributed by atoms with Crippen LogP contribution in [0.3, 0.4) is 0 Å². The lowest BCUT2D eigenvalue weighted by Crippen LogP contribution is -2.27. The molecule has 1 aliphatic heterocycles. The van der Waals surface area contributed by atoms with Crippen molar-refractivity contribution in [3.63, 3.8) is 0 Å². The third kappa shape index (κ3) is 1.90. The number of nitrogens with zero attached hydrogens (tertiary/aromatic N) is 2. The molecular weight excluding hydrogens is 258 g/mol. The van der Waals surface area contributed by atoms with Crippen molar-refractivity contribution >= 4 is 44.7 Å². The summed E-state index contributed by atoms with van der Waals surface area (Å²) in [6, 6.07) is 5.66. The average molecular weight is 268 g/mol. The molecule has 1 aromatic heterocycles. The number of nitrogens with two attached hydrogens (primary N) is 1. The van der Waals surface area contributed by atoms with Gasteiger partial charge in [-0.05, 0) is 18.2 Å². The van der Waals surface area contributed by atoms with E-state index in [-0.39, 0.29) is 11.9 Å². The number of hydrogen-bond acceptors (Lipinski definition) is 4. The lowest BCUT2D eigenvalue weighted by molar-refractivity contribution is -0.117. The molecule has 0 bridgehead atoms. The highest BCUT2D eigenvalue weighted by molar-refractivity contribution is 7.22. The zero-order chi connectivity index (χ0) is 12.0. The van der Waals surface area contributed by atoms with Crippen LogP contribution in [-0.2, 0) is 4.79 Å². The van der Waals surface area contributed by atoms with Crippen LogP contribution in [0.15, 0.2) is 18.2 Å². The van der Waals surface area contributed by atoms with Crippen LogP contribution in [0.2, 0.25) is 4.47 Å². The molecule has 1 saturated heterocycles. The molecule has 1 amide bonds. The van der Waals surface area contributed by atoms with Gasteiger partial charge < -0.3 is 10.6 Å². The Kier molecular flexibility index (Phi) is 2.54. The maximum Gasteiger partial charge on any atom is 0.228 e. The van der Waals surface area contributed by atoms with Gasteiger partial charge in [0, 0.05) is 24.7 Å². The molecule has 2 N–H and O–H groups in total. The average Bonchev–Trinajstić information content (AvgIpc) is 2.78. The molecule has 0 saturated carbocycles. The molecule has 6 heteroatoms. The standard InChI is InChI=1S/C11H10ClN3OS/c12-11-14-8-4-7(1-2-9(8)17-11)15-5-6(13)3-10(15)16/h1-2,4,6H,3,5,13H2. The lowest BCUT2D eigenvalue weighted by atomic mass is 10.2. The summed E-state index contributed by atoms with van der Waals surface area (Å²) in [5.74, 6) is 0.0678. The summed E-state index contributed by atoms with van der Waals surface area (Å²) in [7, 11) is 0. The minimum Gasteiger partial charge on any atom is -0.326 e. The van der Waals surface area contributed by atoms with E-state index < -0.39 is 0 Å². The summed E-state index contributed by atoms with van der Waals surface area (Å²) in [6.45, 7) is 0.572. The molecule has 88 valence electrons. The van der Waals surface area contributed by atoms with Crippen molar-refractivity contribution in [2.75, 3.05) is 11.4 Å². The van der Waals surface area contributed by atoms with Crippen LogP contribution in [0.4, 0.5) is 5.69 Å². The van der Waals surface area contributed by atoms with Gasteiger partial charge in [-0.2, -0.15) is 0 Å². The van der Waals surface area contributed by atoms with Crippen molar-refractivity contribution in [2.45, 2.75) is 12.5 Å². The summed E-state index contributed by atoms with van der Waals surface area (Å²) in [5, 5.41) is 0. The number of amides is 1. The fraction of sp³-hybridized carbons (Fsp3) is 0.273. The lowest BCUT2D eigenvalue weighted by Gasteiger charge is -2.15. The van der Waals surface area contributed by atoms with E-state index in [2.05, 4.69) is 4.98 Å². The number of hydrogen-bond donors (Lipinski definition) is 1. The predicted molar refractivity (Wildman–Crippen MR) is 69.6 cm³/mol. The number of carbonyl (C=O) groups excluding carboxylic acids is 1. The molecule has 17 heavy (non-hydrogen) atoms. The Morgan fingerprint density at radius 2 is 2.35 bits per heavy atom. The molecule has 1 unspecified atom stereocenters. The van der Waals surface area contributed by atoms with E-state index in [4.69, 9.17) is 17.3 Å². The normalized spacial score (nSPS) is 20.5. The number of anilines is 1. The first-order valence-corrected chi connectivity index (χ1v) is 6.45. The third-order valence-corrected chi connectivity index (χ3v) is 3.95. The molecule has 0 spiro atoms. The number of rotatable bonds is 1. The molecule has 2 aromatic rings. The topological polar surface area (TPSA) is 59.2 Å². The second-order valence-corrected chi connectivity index (χ2v) is 5.70. The Labute approximate surface area is 107 Å². The summed E-state index contributed by atoms with van der Waals surface area (Å²) >= 11 is 7.28. The van der Waals surface area contributed by atoms with Crippen LogP contribution in [0.1, 0.15) is 6.42 Å². The van der Waals surface area contributed by atoms with E-state index >= 15 is 0 Å². The zero-order valence-corrected chi connectivity index (χ0v) is 10.5. The Morgan fingerprint density at radius 1 is 1.53 bits per heavy atom. The van der Waals surface area contributed by atoms with Crippen molar-refractivity contribution in [3.8, 4) is 0 Å². The molecule has 1 aliphatic rings. The number of benzene rings is 1. The van der Waals surface area contributed by atoms with E-state index in [0.29, 0.717) is 17.4 Å². The van der Waals surface area contributed by atoms with Crippen molar-refractivity contribution in [1.82, 2.24) is 4.98 Å². The molecule has 2 heterocycles. The molecule has 1 aromatic carbocycles. The van der Waals surface area contributed by atoms with Crippen LogP contribution in [-0.4, -0.2) is 23.5 Å². The van der Waals surface area contributed by atoms with E-state index in [0.717, 1.165) is 15.9 Å². The molecule has 0 radical (unpaired) electrons. The quantitative estimate of drug-likeness (QED) is 0.860. The largest absolute Gasteiger partial charge is 0.326 e. The first kappa shape index (κ1) is 11.0. The second kappa shape index (κ2) is 3.94. The number of carbonyl (C=O) groups is 1. The zero-order valence-electron chi connectivity index (χ0n) is 8.89. The molecule has 1 atom stereocenters. The first-order chi connectivity index (χ1) is 8.13. The predicted octanol–water partition coefficient (Wildman–Crippen LogP) is 2.01. The van der Waals surface area contributed by atoms with E-state index in [1.807, 2.05) is 18.2 Å². The van der Waals surface area contributed by atoms with Crippen molar-refractivity contribution in [3.05, 3.63) is 22.7 Å². The number of halogens is 1. The monoisotopic (exact) mass is 267 g/mol. The minimum atomic E-state index is -0.0720. The second-order valence-electron chi connectivity index (χ2n) is 4.09. The van der Waals surface area contributed by atoms with Gasteiger partial charge in [0.1, 0.15) is 0 Å². The number of aromatic nitrogens is 1. The van der Waals surface area contributed by atoms with Gasteiger partial charge >= 0.3 is 0 Å². The molecule has 3 rings (SSSR count). The van der Waals surface area contributed by atoms with Crippen molar-refractivity contribution in [1.29, 1.82) is 0 Å². The van der Waals surface area contributed by atoms with Gasteiger partial charge in [0.05, 0.1) is 10.2 Å². The van der Waals surface area contributed by atoms with Gasteiger partial charge in [0.2, 0.25) is 5.91 Å². The van der Waals surface area contributed by atoms with Crippen LogP contribution in [0.5, 0.6) is 0 Å². The maximum atomic E-state index is 11.7. The summed E-state index contributed by atoms with van der Waals surface area (Å²) in [5.41, 5.74) is 7.44. The Balaban J connectivity index is 2.03. The first-order valence-electron chi connectivity index (χ1n) is 5.25. The summed E-state index contributed by atoms with van der Waals surface area (Å²) in [6.07, 6.45) is 0.413.